The van der Waals surface area contributed by atoms with Gasteiger partial charge in [-0.2, -0.15) is 0 Å². The minimum Gasteiger partial charge on any atom is -0.316 e. The van der Waals surface area contributed by atoms with Crippen molar-refractivity contribution in [1.82, 2.24) is 5.32 Å². The second-order valence-corrected chi connectivity index (χ2v) is 5.69. The number of rotatable bonds is 6. The third kappa shape index (κ3) is 5.55. The Morgan fingerprint density at radius 1 is 1.20 bits per heavy atom. The lowest BCUT2D eigenvalue weighted by molar-refractivity contribution is 0.247. The first-order chi connectivity index (χ1) is 7.22. The average Bonchev–Trinajstić information content (AvgIpc) is 2.24. The van der Waals surface area contributed by atoms with E-state index in [1.54, 1.807) is 0 Å². The third-order valence-corrected chi connectivity index (χ3v) is 3.75. The van der Waals surface area contributed by atoms with Crippen LogP contribution in [-0.2, 0) is 0 Å². The predicted octanol–water partition coefficient (Wildman–Crippen LogP) is 3.84. The lowest BCUT2D eigenvalue weighted by atomic mass is 9.79. The summed E-state index contributed by atoms with van der Waals surface area (Å²) in [5.74, 6) is 2.84. The quantitative estimate of drug-likeness (QED) is 0.658. The molecule has 1 saturated carbocycles. The monoisotopic (exact) mass is 211 g/mol. The summed E-state index contributed by atoms with van der Waals surface area (Å²) >= 11 is 0. The van der Waals surface area contributed by atoms with E-state index in [0.29, 0.717) is 0 Å². The first-order valence-electron chi connectivity index (χ1n) is 6.93. The Balaban J connectivity index is 2.05. The molecule has 1 nitrogen and oxygen atoms in total. The molecule has 0 aromatic rings. The summed E-state index contributed by atoms with van der Waals surface area (Å²) < 4.78 is 0. The van der Waals surface area contributed by atoms with Gasteiger partial charge in [0, 0.05) is 0 Å². The molecule has 0 spiro atoms. The predicted molar refractivity (Wildman–Crippen MR) is 68.1 cm³/mol. The van der Waals surface area contributed by atoms with E-state index in [1.807, 2.05) is 0 Å². The summed E-state index contributed by atoms with van der Waals surface area (Å²) in [4.78, 5) is 0. The molecular weight excluding hydrogens is 182 g/mol. The largest absolute Gasteiger partial charge is 0.316 e. The SMILES string of the molecule is CCC1CCCC(CCNCC(C)C)C1. The fraction of sp³-hybridized carbons (Fsp3) is 1.00. The molecule has 90 valence electrons. The van der Waals surface area contributed by atoms with Crippen molar-refractivity contribution in [2.24, 2.45) is 17.8 Å². The molecule has 0 saturated heterocycles. The fourth-order valence-electron chi connectivity index (χ4n) is 2.73. The third-order valence-electron chi connectivity index (χ3n) is 3.75. The van der Waals surface area contributed by atoms with E-state index in [-0.39, 0.29) is 0 Å². The van der Waals surface area contributed by atoms with Crippen LogP contribution in [0.25, 0.3) is 0 Å². The summed E-state index contributed by atoms with van der Waals surface area (Å²) in [6.45, 7) is 9.33. The average molecular weight is 211 g/mol. The summed E-state index contributed by atoms with van der Waals surface area (Å²) in [7, 11) is 0. The Morgan fingerprint density at radius 3 is 2.60 bits per heavy atom. The van der Waals surface area contributed by atoms with Gasteiger partial charge in [0.2, 0.25) is 0 Å². The van der Waals surface area contributed by atoms with Crippen LogP contribution in [0.2, 0.25) is 0 Å². The highest BCUT2D eigenvalue weighted by Gasteiger charge is 2.19. The molecule has 0 aliphatic heterocycles. The van der Waals surface area contributed by atoms with Crippen molar-refractivity contribution in [3.05, 3.63) is 0 Å². The van der Waals surface area contributed by atoms with Crippen LogP contribution in [-0.4, -0.2) is 13.1 Å². The van der Waals surface area contributed by atoms with E-state index >= 15 is 0 Å². The molecule has 15 heavy (non-hydrogen) atoms. The highest BCUT2D eigenvalue weighted by molar-refractivity contribution is 4.73. The highest BCUT2D eigenvalue weighted by atomic mass is 14.8. The van der Waals surface area contributed by atoms with E-state index < -0.39 is 0 Å². The van der Waals surface area contributed by atoms with Crippen LogP contribution in [0, 0.1) is 17.8 Å². The molecule has 1 aliphatic rings. The van der Waals surface area contributed by atoms with Crippen LogP contribution in [0.4, 0.5) is 0 Å². The minimum absolute atomic E-state index is 0.791. The molecule has 1 aliphatic carbocycles. The van der Waals surface area contributed by atoms with E-state index in [2.05, 4.69) is 26.1 Å². The van der Waals surface area contributed by atoms with Gasteiger partial charge in [-0.1, -0.05) is 46.5 Å². The van der Waals surface area contributed by atoms with E-state index in [9.17, 15) is 0 Å². The summed E-state index contributed by atoms with van der Waals surface area (Å²) in [6.07, 6.45) is 8.76. The van der Waals surface area contributed by atoms with Crippen molar-refractivity contribution in [2.45, 2.75) is 59.3 Å². The maximum Gasteiger partial charge on any atom is -0.00258 e. The molecule has 0 aromatic heterocycles. The molecule has 1 rings (SSSR count). The van der Waals surface area contributed by atoms with Crippen molar-refractivity contribution in [3.63, 3.8) is 0 Å². The Bertz CT molecular complexity index is 153. The molecule has 0 aromatic carbocycles. The van der Waals surface area contributed by atoms with E-state index in [0.717, 1.165) is 17.8 Å². The maximum absolute atomic E-state index is 3.56. The minimum atomic E-state index is 0.791. The Labute approximate surface area is 96.0 Å². The van der Waals surface area contributed by atoms with Gasteiger partial charge < -0.3 is 5.32 Å². The summed E-state index contributed by atoms with van der Waals surface area (Å²) in [5, 5.41) is 3.56. The number of hydrogen-bond donors (Lipinski definition) is 1. The van der Waals surface area contributed by atoms with Gasteiger partial charge >= 0.3 is 0 Å². The van der Waals surface area contributed by atoms with Crippen LogP contribution in [0.5, 0.6) is 0 Å². The molecule has 0 heterocycles. The van der Waals surface area contributed by atoms with Crippen molar-refractivity contribution < 1.29 is 0 Å². The zero-order valence-corrected chi connectivity index (χ0v) is 10.9. The fourth-order valence-corrected chi connectivity index (χ4v) is 2.73. The van der Waals surface area contributed by atoms with Gasteiger partial charge in [0.25, 0.3) is 0 Å². The highest BCUT2D eigenvalue weighted by Crippen LogP contribution is 2.32. The van der Waals surface area contributed by atoms with E-state index in [4.69, 9.17) is 0 Å². The maximum atomic E-state index is 3.56. The van der Waals surface area contributed by atoms with Crippen LogP contribution in [0.15, 0.2) is 0 Å². The van der Waals surface area contributed by atoms with Gasteiger partial charge in [-0.05, 0) is 43.7 Å². The summed E-state index contributed by atoms with van der Waals surface area (Å²) in [5.41, 5.74) is 0. The molecule has 1 fully saturated rings. The first kappa shape index (κ1) is 13.0. The zero-order valence-electron chi connectivity index (χ0n) is 10.9. The molecule has 1 heteroatoms. The molecule has 1 N–H and O–H groups in total. The van der Waals surface area contributed by atoms with Crippen molar-refractivity contribution >= 4 is 0 Å². The lowest BCUT2D eigenvalue weighted by Gasteiger charge is -2.28. The molecule has 2 unspecified atom stereocenters. The summed E-state index contributed by atoms with van der Waals surface area (Å²) in [6, 6.07) is 0. The topological polar surface area (TPSA) is 12.0 Å². The first-order valence-corrected chi connectivity index (χ1v) is 6.93. The molecule has 0 radical (unpaired) electrons. The van der Waals surface area contributed by atoms with Crippen LogP contribution in [0.3, 0.4) is 0 Å². The Hall–Kier alpha value is -0.0400. The van der Waals surface area contributed by atoms with E-state index in [1.165, 1.54) is 51.6 Å². The van der Waals surface area contributed by atoms with Crippen molar-refractivity contribution in [1.29, 1.82) is 0 Å². The van der Waals surface area contributed by atoms with Crippen LogP contribution >= 0.6 is 0 Å². The second kappa shape index (κ2) is 7.27. The Morgan fingerprint density at radius 2 is 1.93 bits per heavy atom. The number of hydrogen-bond acceptors (Lipinski definition) is 1. The van der Waals surface area contributed by atoms with Crippen LogP contribution < -0.4 is 5.32 Å². The Kier molecular flexibility index (Phi) is 6.31. The second-order valence-electron chi connectivity index (χ2n) is 5.69. The van der Waals surface area contributed by atoms with Crippen LogP contribution in [0.1, 0.15) is 59.3 Å². The standard InChI is InChI=1S/C14H29N/c1-4-13-6-5-7-14(10-13)8-9-15-11-12(2)3/h12-15H,4-11H2,1-3H3. The number of nitrogens with one attached hydrogen (secondary N) is 1. The normalized spacial score (nSPS) is 27.2. The van der Waals surface area contributed by atoms with Gasteiger partial charge in [0.1, 0.15) is 0 Å². The van der Waals surface area contributed by atoms with Crippen molar-refractivity contribution in [3.8, 4) is 0 Å². The van der Waals surface area contributed by atoms with Gasteiger partial charge in [-0.3, -0.25) is 0 Å². The molecule has 0 amide bonds. The van der Waals surface area contributed by atoms with Crippen molar-refractivity contribution in [2.75, 3.05) is 13.1 Å². The van der Waals surface area contributed by atoms with Gasteiger partial charge in [0.05, 0.1) is 0 Å². The molecule has 0 bridgehead atoms. The van der Waals surface area contributed by atoms with Gasteiger partial charge in [-0.15, -0.1) is 0 Å². The van der Waals surface area contributed by atoms with Gasteiger partial charge in [0.15, 0.2) is 0 Å². The zero-order chi connectivity index (χ0) is 11.1. The van der Waals surface area contributed by atoms with Gasteiger partial charge in [-0.25, -0.2) is 0 Å². The molecular formula is C14H29N. The lowest BCUT2D eigenvalue weighted by Crippen LogP contribution is -2.24. The molecule has 2 atom stereocenters. The smallest absolute Gasteiger partial charge is 0.00258 e.